The Bertz CT molecular complexity index is 420. The second kappa shape index (κ2) is 7.82. The summed E-state index contributed by atoms with van der Waals surface area (Å²) in [6.07, 6.45) is 7.43. The number of hydrogen-bond acceptors (Lipinski definition) is 1. The van der Waals surface area contributed by atoms with Crippen molar-refractivity contribution in [2.75, 3.05) is 7.05 Å². The van der Waals surface area contributed by atoms with E-state index in [9.17, 15) is 4.79 Å². The van der Waals surface area contributed by atoms with Gasteiger partial charge in [-0.2, -0.15) is 0 Å². The first-order valence-corrected chi connectivity index (χ1v) is 8.53. The number of benzene rings is 1. The minimum absolute atomic E-state index is 0.289. The summed E-state index contributed by atoms with van der Waals surface area (Å²) in [5, 5.41) is 0. The van der Waals surface area contributed by atoms with Crippen molar-refractivity contribution in [2.45, 2.75) is 55.8 Å². The molecule has 0 bridgehead atoms. The topological polar surface area (TPSA) is 20.3 Å². The van der Waals surface area contributed by atoms with Gasteiger partial charge in [0.25, 0.3) is 0 Å². The zero-order chi connectivity index (χ0) is 14.4. The molecule has 1 aliphatic rings. The molecule has 2 nitrogen and oxygen atoms in total. The summed E-state index contributed by atoms with van der Waals surface area (Å²) < 4.78 is 0. The Morgan fingerprint density at radius 2 is 1.95 bits per heavy atom. The van der Waals surface area contributed by atoms with Crippen molar-refractivity contribution in [3.63, 3.8) is 0 Å². The largest absolute Gasteiger partial charge is 0.342 e. The molecule has 2 atom stereocenters. The predicted octanol–water partition coefficient (Wildman–Crippen LogP) is 4.17. The van der Waals surface area contributed by atoms with Gasteiger partial charge in [0.2, 0.25) is 5.91 Å². The fourth-order valence-corrected chi connectivity index (χ4v) is 3.89. The van der Waals surface area contributed by atoms with Crippen LogP contribution in [0.3, 0.4) is 0 Å². The number of rotatable bonds is 5. The lowest BCUT2D eigenvalue weighted by Crippen LogP contribution is -2.44. The third-order valence-electron chi connectivity index (χ3n) is 4.24. The van der Waals surface area contributed by atoms with Gasteiger partial charge in [0, 0.05) is 24.3 Å². The Morgan fingerprint density at radius 3 is 2.65 bits per heavy atom. The number of hydrogen-bond donors (Lipinski definition) is 0. The molecule has 20 heavy (non-hydrogen) atoms. The first-order chi connectivity index (χ1) is 9.68. The lowest BCUT2D eigenvalue weighted by Gasteiger charge is -2.35. The second-order valence-corrected chi connectivity index (χ2v) is 6.89. The molecule has 0 radical (unpaired) electrons. The monoisotopic (exact) mass is 337 g/mol. The zero-order valence-corrected chi connectivity index (χ0v) is 13.8. The normalized spacial score (nSPS) is 22.5. The second-order valence-electron chi connectivity index (χ2n) is 5.71. The van der Waals surface area contributed by atoms with Crippen LogP contribution in [-0.4, -0.2) is 28.7 Å². The lowest BCUT2D eigenvalue weighted by atomic mass is 9.94. The van der Waals surface area contributed by atoms with E-state index in [0.29, 0.717) is 17.3 Å². The van der Waals surface area contributed by atoms with Crippen LogP contribution in [0.15, 0.2) is 30.3 Å². The number of carbonyl (C=O) groups excluding carboxylic acids is 1. The Balaban J connectivity index is 1.76. The number of halogens is 1. The Labute approximate surface area is 130 Å². The van der Waals surface area contributed by atoms with Crippen LogP contribution in [0.4, 0.5) is 0 Å². The molecule has 1 saturated carbocycles. The fourth-order valence-electron chi connectivity index (χ4n) is 2.95. The van der Waals surface area contributed by atoms with Crippen LogP contribution < -0.4 is 0 Å². The van der Waals surface area contributed by atoms with Crippen LogP contribution in [0.25, 0.3) is 0 Å². The van der Waals surface area contributed by atoms with E-state index in [2.05, 4.69) is 40.2 Å². The van der Waals surface area contributed by atoms with Crippen LogP contribution in [0.2, 0.25) is 0 Å². The van der Waals surface area contributed by atoms with E-state index < -0.39 is 0 Å². The van der Waals surface area contributed by atoms with Crippen LogP contribution in [-0.2, 0) is 11.2 Å². The van der Waals surface area contributed by atoms with E-state index >= 15 is 0 Å². The average molecular weight is 338 g/mol. The van der Waals surface area contributed by atoms with Gasteiger partial charge in [-0.15, -0.1) is 0 Å². The molecule has 1 aromatic rings. The molecular weight excluding hydrogens is 314 g/mol. The van der Waals surface area contributed by atoms with Crippen molar-refractivity contribution < 1.29 is 4.79 Å². The zero-order valence-electron chi connectivity index (χ0n) is 12.2. The summed E-state index contributed by atoms with van der Waals surface area (Å²) in [6, 6.07) is 10.8. The maximum atomic E-state index is 12.3. The van der Waals surface area contributed by atoms with Crippen molar-refractivity contribution in [2.24, 2.45) is 0 Å². The number of amides is 1. The molecular formula is C17H24BrNO. The third kappa shape index (κ3) is 4.34. The highest BCUT2D eigenvalue weighted by atomic mass is 79.9. The van der Waals surface area contributed by atoms with Gasteiger partial charge >= 0.3 is 0 Å². The molecule has 0 heterocycles. The Kier molecular flexibility index (Phi) is 6.08. The maximum Gasteiger partial charge on any atom is 0.222 e. The van der Waals surface area contributed by atoms with Gasteiger partial charge in [-0.3, -0.25) is 4.79 Å². The lowest BCUT2D eigenvalue weighted by molar-refractivity contribution is -0.132. The molecule has 0 spiro atoms. The quantitative estimate of drug-likeness (QED) is 0.738. The molecule has 0 N–H and O–H groups in total. The molecule has 0 aromatic heterocycles. The number of alkyl halides is 1. The van der Waals surface area contributed by atoms with Gasteiger partial charge in [-0.05, 0) is 31.2 Å². The highest BCUT2D eigenvalue weighted by Crippen LogP contribution is 2.28. The van der Waals surface area contributed by atoms with E-state index in [1.54, 1.807) is 0 Å². The van der Waals surface area contributed by atoms with E-state index in [-0.39, 0.29) is 5.91 Å². The summed E-state index contributed by atoms with van der Waals surface area (Å²) in [5.74, 6) is 0.289. The Morgan fingerprint density at radius 1 is 1.25 bits per heavy atom. The maximum absolute atomic E-state index is 12.3. The smallest absolute Gasteiger partial charge is 0.222 e. The molecule has 1 aliphatic carbocycles. The highest BCUT2D eigenvalue weighted by Gasteiger charge is 2.28. The van der Waals surface area contributed by atoms with E-state index in [4.69, 9.17) is 0 Å². The van der Waals surface area contributed by atoms with Gasteiger partial charge in [0.05, 0.1) is 0 Å². The van der Waals surface area contributed by atoms with Gasteiger partial charge < -0.3 is 4.90 Å². The van der Waals surface area contributed by atoms with E-state index in [1.165, 1.54) is 24.8 Å². The van der Waals surface area contributed by atoms with Crippen molar-refractivity contribution in [1.29, 1.82) is 0 Å². The predicted molar refractivity (Wildman–Crippen MR) is 87.1 cm³/mol. The molecule has 110 valence electrons. The van der Waals surface area contributed by atoms with E-state index in [0.717, 1.165) is 19.3 Å². The Hall–Kier alpha value is -0.830. The molecule has 1 fully saturated rings. The molecule has 3 heteroatoms. The van der Waals surface area contributed by atoms with Gasteiger partial charge in [-0.25, -0.2) is 0 Å². The standard InChI is InChI=1S/C17H24BrNO/c1-19(16-12-6-5-11-15(16)18)17(20)13-7-10-14-8-3-2-4-9-14/h2-4,8-9,15-16H,5-7,10-13H2,1H3. The van der Waals surface area contributed by atoms with Crippen molar-refractivity contribution in [3.05, 3.63) is 35.9 Å². The van der Waals surface area contributed by atoms with Gasteiger partial charge in [-0.1, -0.05) is 59.1 Å². The van der Waals surface area contributed by atoms with Crippen LogP contribution in [0, 0.1) is 0 Å². The summed E-state index contributed by atoms with van der Waals surface area (Å²) in [5.41, 5.74) is 1.32. The average Bonchev–Trinajstić information content (AvgIpc) is 2.48. The number of aryl methyl sites for hydroxylation is 1. The number of nitrogens with zero attached hydrogens (tertiary/aromatic N) is 1. The molecule has 1 amide bonds. The van der Waals surface area contributed by atoms with Crippen LogP contribution >= 0.6 is 15.9 Å². The highest BCUT2D eigenvalue weighted by molar-refractivity contribution is 9.09. The molecule has 2 rings (SSSR count). The summed E-state index contributed by atoms with van der Waals surface area (Å²) in [7, 11) is 1.97. The minimum atomic E-state index is 0.289. The first kappa shape index (κ1) is 15.6. The molecule has 1 aromatic carbocycles. The van der Waals surface area contributed by atoms with Crippen molar-refractivity contribution >= 4 is 21.8 Å². The first-order valence-electron chi connectivity index (χ1n) is 7.62. The molecule has 2 unspecified atom stereocenters. The summed E-state index contributed by atoms with van der Waals surface area (Å²) in [6.45, 7) is 0. The number of carbonyl (C=O) groups is 1. The van der Waals surface area contributed by atoms with Crippen LogP contribution in [0.1, 0.15) is 44.1 Å². The van der Waals surface area contributed by atoms with E-state index in [1.807, 2.05) is 18.0 Å². The fraction of sp³-hybridized carbons (Fsp3) is 0.588. The molecule has 0 saturated heterocycles. The minimum Gasteiger partial charge on any atom is -0.342 e. The van der Waals surface area contributed by atoms with Gasteiger partial charge in [0.1, 0.15) is 0 Å². The van der Waals surface area contributed by atoms with Crippen LogP contribution in [0.5, 0.6) is 0 Å². The van der Waals surface area contributed by atoms with Crippen molar-refractivity contribution in [3.8, 4) is 0 Å². The van der Waals surface area contributed by atoms with Gasteiger partial charge in [0.15, 0.2) is 0 Å². The third-order valence-corrected chi connectivity index (χ3v) is 5.31. The SMILES string of the molecule is CN(C(=O)CCCc1ccccc1)C1CCCCC1Br. The molecule has 0 aliphatic heterocycles. The summed E-state index contributed by atoms with van der Waals surface area (Å²) in [4.78, 5) is 14.7. The van der Waals surface area contributed by atoms with Crippen molar-refractivity contribution in [1.82, 2.24) is 4.90 Å². The summed E-state index contributed by atoms with van der Waals surface area (Å²) >= 11 is 3.73.